The lowest BCUT2D eigenvalue weighted by Gasteiger charge is -2.25. The molecular weight excluding hydrogens is 340 g/mol. The van der Waals surface area contributed by atoms with Gasteiger partial charge in [0.15, 0.2) is 0 Å². The zero-order valence-electron chi connectivity index (χ0n) is 14.8. The predicted molar refractivity (Wildman–Crippen MR) is 91.7 cm³/mol. The van der Waals surface area contributed by atoms with Crippen molar-refractivity contribution in [2.45, 2.75) is 0 Å². The molecule has 0 bridgehead atoms. The van der Waals surface area contributed by atoms with Crippen molar-refractivity contribution in [3.63, 3.8) is 0 Å². The van der Waals surface area contributed by atoms with Gasteiger partial charge in [-0.3, -0.25) is 14.4 Å². The number of rotatable bonds is 5. The average Bonchev–Trinajstić information content (AvgIpc) is 3.17. The van der Waals surface area contributed by atoms with Crippen molar-refractivity contribution in [2.75, 3.05) is 52.3 Å². The Hall–Kier alpha value is -2.68. The molecule has 0 spiro atoms. The zero-order chi connectivity index (χ0) is 18.9. The Morgan fingerprint density at radius 2 is 2.04 bits per heavy atom. The molecule has 0 aliphatic carbocycles. The van der Waals surface area contributed by atoms with Crippen molar-refractivity contribution in [2.24, 2.45) is 11.3 Å². The van der Waals surface area contributed by atoms with Crippen LogP contribution >= 0.6 is 0 Å². The summed E-state index contributed by atoms with van der Waals surface area (Å²) in [6, 6.07) is 3.33. The number of carbonyl (C=O) groups excluding carboxylic acids is 2. The third-order valence-corrected chi connectivity index (χ3v) is 5.22. The summed E-state index contributed by atoms with van der Waals surface area (Å²) in [6.07, 6.45) is 1.58. The van der Waals surface area contributed by atoms with Gasteiger partial charge in [0.1, 0.15) is 17.8 Å². The van der Waals surface area contributed by atoms with E-state index in [1.165, 1.54) is 12.0 Å². The van der Waals surface area contributed by atoms with E-state index in [4.69, 9.17) is 4.74 Å². The quantitative estimate of drug-likeness (QED) is 0.743. The van der Waals surface area contributed by atoms with Gasteiger partial charge in [0, 0.05) is 52.5 Å². The number of aromatic nitrogens is 1. The molecule has 2 saturated heterocycles. The van der Waals surface area contributed by atoms with Crippen LogP contribution in [-0.4, -0.2) is 84.6 Å². The molecule has 140 valence electrons. The number of carboxylic acid groups (broad SMARTS) is 1. The summed E-state index contributed by atoms with van der Waals surface area (Å²) in [4.78, 5) is 44.2. The number of nitrogens with one attached hydrogen (secondary N) is 1. The highest BCUT2D eigenvalue weighted by molar-refractivity contribution is 5.99. The van der Waals surface area contributed by atoms with Crippen LogP contribution in [0.25, 0.3) is 0 Å². The first kappa shape index (κ1) is 18.1. The first-order valence-corrected chi connectivity index (χ1v) is 8.35. The Bertz CT molecular complexity index is 740. The highest BCUT2D eigenvalue weighted by Crippen LogP contribution is 2.43. The average molecular weight is 362 g/mol. The number of anilines is 1. The molecule has 9 heteroatoms. The van der Waals surface area contributed by atoms with Gasteiger partial charge in [-0.05, 0) is 12.1 Å². The van der Waals surface area contributed by atoms with Crippen molar-refractivity contribution in [1.29, 1.82) is 0 Å². The van der Waals surface area contributed by atoms with Crippen LogP contribution in [0.15, 0.2) is 18.3 Å². The molecule has 2 aliphatic rings. The molecule has 0 unspecified atom stereocenters. The summed E-state index contributed by atoms with van der Waals surface area (Å²) in [5, 5.41) is 12.7. The van der Waals surface area contributed by atoms with Crippen LogP contribution in [0.1, 0.15) is 10.4 Å². The Kier molecular flexibility index (Phi) is 4.82. The van der Waals surface area contributed by atoms with E-state index in [0.29, 0.717) is 24.5 Å². The van der Waals surface area contributed by atoms with Gasteiger partial charge in [-0.15, -0.1) is 0 Å². The number of pyridine rings is 1. The molecular formula is C17H22N4O5. The van der Waals surface area contributed by atoms with E-state index in [1.54, 1.807) is 30.3 Å². The number of amides is 2. The molecule has 2 fully saturated rings. The zero-order valence-corrected chi connectivity index (χ0v) is 14.8. The fourth-order valence-electron chi connectivity index (χ4n) is 3.87. The van der Waals surface area contributed by atoms with E-state index in [0.717, 1.165) is 0 Å². The maximum atomic E-state index is 12.9. The molecule has 26 heavy (non-hydrogen) atoms. The van der Waals surface area contributed by atoms with Crippen molar-refractivity contribution < 1.29 is 24.2 Å². The molecule has 2 N–H and O–H groups in total. The van der Waals surface area contributed by atoms with E-state index in [-0.39, 0.29) is 37.4 Å². The second-order valence-corrected chi connectivity index (χ2v) is 6.70. The standard InChI is InChI=1S/C17H22N4O5/c1-18-14-12(4-3-5-19-14)15(23)21-7-11-6-20(13(22)8-26-2)9-17(11,10-21)16(24)25/h3-5,11H,6-10H2,1-2H3,(H,18,19)(H,24,25)/t11-,17-/m1/s1. The molecule has 1 aromatic heterocycles. The van der Waals surface area contributed by atoms with Gasteiger partial charge in [0.25, 0.3) is 5.91 Å². The smallest absolute Gasteiger partial charge is 0.313 e. The minimum absolute atomic E-state index is 0.0701. The second-order valence-electron chi connectivity index (χ2n) is 6.70. The third-order valence-electron chi connectivity index (χ3n) is 5.22. The van der Waals surface area contributed by atoms with Crippen LogP contribution in [0.2, 0.25) is 0 Å². The van der Waals surface area contributed by atoms with Crippen LogP contribution < -0.4 is 5.32 Å². The van der Waals surface area contributed by atoms with Gasteiger partial charge in [0.05, 0.1) is 5.56 Å². The normalized spacial score (nSPS) is 24.5. The van der Waals surface area contributed by atoms with E-state index in [1.807, 2.05) is 0 Å². The molecule has 0 radical (unpaired) electrons. The number of likely N-dealkylation sites (tertiary alicyclic amines) is 2. The molecule has 2 aliphatic heterocycles. The van der Waals surface area contributed by atoms with Gasteiger partial charge in [-0.1, -0.05) is 0 Å². The summed E-state index contributed by atoms with van der Waals surface area (Å²) in [5.74, 6) is -1.32. The summed E-state index contributed by atoms with van der Waals surface area (Å²) < 4.78 is 4.86. The fraction of sp³-hybridized carbons (Fsp3) is 0.529. The number of nitrogens with zero attached hydrogens (tertiary/aromatic N) is 3. The predicted octanol–water partition coefficient (Wildman–Crippen LogP) is -0.245. The first-order valence-electron chi connectivity index (χ1n) is 8.35. The van der Waals surface area contributed by atoms with E-state index in [9.17, 15) is 19.5 Å². The summed E-state index contributed by atoms with van der Waals surface area (Å²) in [6.45, 7) is 0.683. The lowest BCUT2D eigenvalue weighted by atomic mass is 9.81. The van der Waals surface area contributed by atoms with Crippen LogP contribution in [0.3, 0.4) is 0 Å². The summed E-state index contributed by atoms with van der Waals surface area (Å²) >= 11 is 0. The molecule has 0 saturated carbocycles. The summed E-state index contributed by atoms with van der Waals surface area (Å²) in [5.41, 5.74) is -0.732. The summed E-state index contributed by atoms with van der Waals surface area (Å²) in [7, 11) is 3.10. The number of fused-ring (bicyclic) bond motifs is 1. The van der Waals surface area contributed by atoms with Crippen molar-refractivity contribution in [1.82, 2.24) is 14.8 Å². The largest absolute Gasteiger partial charge is 0.481 e. The van der Waals surface area contributed by atoms with Crippen LogP contribution in [0.4, 0.5) is 5.82 Å². The number of hydrogen-bond donors (Lipinski definition) is 2. The molecule has 2 amide bonds. The van der Waals surface area contributed by atoms with E-state index < -0.39 is 11.4 Å². The monoisotopic (exact) mass is 362 g/mol. The molecule has 2 atom stereocenters. The third kappa shape index (κ3) is 2.88. The molecule has 3 heterocycles. The Morgan fingerprint density at radius 3 is 2.65 bits per heavy atom. The molecule has 0 aromatic carbocycles. The van der Waals surface area contributed by atoms with Crippen molar-refractivity contribution >= 4 is 23.6 Å². The Labute approximate surface area is 150 Å². The number of carboxylic acids is 1. The van der Waals surface area contributed by atoms with Crippen LogP contribution in [0, 0.1) is 11.3 Å². The lowest BCUT2D eigenvalue weighted by Crippen LogP contribution is -2.43. The molecule has 1 aromatic rings. The number of aliphatic carboxylic acids is 1. The fourth-order valence-corrected chi connectivity index (χ4v) is 3.87. The van der Waals surface area contributed by atoms with Crippen LogP contribution in [-0.2, 0) is 14.3 Å². The van der Waals surface area contributed by atoms with Gasteiger partial charge in [0.2, 0.25) is 5.91 Å². The van der Waals surface area contributed by atoms with Crippen LogP contribution in [0.5, 0.6) is 0 Å². The minimum Gasteiger partial charge on any atom is -0.481 e. The highest BCUT2D eigenvalue weighted by atomic mass is 16.5. The van der Waals surface area contributed by atoms with Gasteiger partial charge < -0.3 is 25.0 Å². The van der Waals surface area contributed by atoms with Gasteiger partial charge >= 0.3 is 5.97 Å². The second kappa shape index (κ2) is 6.91. The minimum atomic E-state index is -1.14. The Morgan fingerprint density at radius 1 is 1.35 bits per heavy atom. The van der Waals surface area contributed by atoms with E-state index >= 15 is 0 Å². The van der Waals surface area contributed by atoms with Crippen molar-refractivity contribution in [3.8, 4) is 0 Å². The van der Waals surface area contributed by atoms with Crippen molar-refractivity contribution in [3.05, 3.63) is 23.9 Å². The highest BCUT2D eigenvalue weighted by Gasteiger charge is 2.59. The SMILES string of the molecule is CNc1ncccc1C(=O)N1C[C@H]2CN(C(=O)COC)C[C@@]2(C(=O)O)C1. The molecule has 9 nitrogen and oxygen atoms in total. The number of hydrogen-bond acceptors (Lipinski definition) is 6. The number of carbonyl (C=O) groups is 3. The van der Waals surface area contributed by atoms with Gasteiger partial charge in [-0.2, -0.15) is 0 Å². The number of ether oxygens (including phenoxy) is 1. The van der Waals surface area contributed by atoms with E-state index in [2.05, 4.69) is 10.3 Å². The Balaban J connectivity index is 1.81. The topological polar surface area (TPSA) is 112 Å². The van der Waals surface area contributed by atoms with Gasteiger partial charge in [-0.25, -0.2) is 4.98 Å². The first-order chi connectivity index (χ1) is 12.4. The maximum absolute atomic E-state index is 12.9. The maximum Gasteiger partial charge on any atom is 0.313 e. The lowest BCUT2D eigenvalue weighted by molar-refractivity contribution is -0.149. The molecule has 3 rings (SSSR count). The number of methoxy groups -OCH3 is 1.